The molecule has 23 heavy (non-hydrogen) atoms. The van der Waals surface area contributed by atoms with Crippen LogP contribution in [0.1, 0.15) is 25.0 Å². The number of aromatic nitrogens is 4. The van der Waals surface area contributed by atoms with Crippen molar-refractivity contribution in [2.45, 2.75) is 38.1 Å². The largest absolute Gasteiger partial charge is 0.465 e. The third-order valence-corrected chi connectivity index (χ3v) is 4.48. The van der Waals surface area contributed by atoms with Crippen molar-refractivity contribution in [3.8, 4) is 0 Å². The lowest BCUT2D eigenvalue weighted by Gasteiger charge is -2.08. The molecule has 1 aromatic carbocycles. The lowest BCUT2D eigenvalue weighted by molar-refractivity contribution is -0.142. The van der Waals surface area contributed by atoms with Gasteiger partial charge < -0.3 is 9.72 Å². The van der Waals surface area contributed by atoms with Crippen molar-refractivity contribution in [1.29, 1.82) is 0 Å². The maximum Gasteiger partial charge on any atom is 0.319 e. The summed E-state index contributed by atoms with van der Waals surface area (Å²) in [6, 6.07) is 4.19. The van der Waals surface area contributed by atoms with Gasteiger partial charge in [0.1, 0.15) is 10.8 Å². The van der Waals surface area contributed by atoms with E-state index < -0.39 is 0 Å². The van der Waals surface area contributed by atoms with Gasteiger partial charge in [0.05, 0.1) is 12.1 Å². The molecular weight excluding hydrogens is 312 g/mol. The molecule has 2 aromatic heterocycles. The van der Waals surface area contributed by atoms with Crippen molar-refractivity contribution >= 4 is 39.8 Å². The van der Waals surface area contributed by atoms with Crippen LogP contribution in [0.15, 0.2) is 17.3 Å². The minimum absolute atomic E-state index is 0.274. The zero-order valence-electron chi connectivity index (χ0n) is 13.5. The van der Waals surface area contributed by atoms with Crippen molar-refractivity contribution in [3.63, 3.8) is 0 Å². The molecule has 1 atom stereocenters. The molecule has 0 aliphatic heterocycles. The first-order valence-electron chi connectivity index (χ1n) is 7.46. The minimum Gasteiger partial charge on any atom is -0.465 e. The Labute approximate surface area is 138 Å². The number of ether oxygens (including phenoxy) is 1. The number of rotatable bonds is 4. The lowest BCUT2D eigenvalue weighted by Crippen LogP contribution is -2.17. The molecule has 6 nitrogen and oxygen atoms in total. The molecule has 0 aliphatic carbocycles. The Bertz CT molecular complexity index is 891. The Kier molecular flexibility index (Phi) is 4.21. The molecular formula is C16H18N4O2S. The van der Waals surface area contributed by atoms with E-state index >= 15 is 0 Å². The molecule has 0 saturated heterocycles. The molecule has 3 aromatic rings. The highest BCUT2D eigenvalue weighted by atomic mass is 32.2. The number of H-pyrrole nitrogens is 1. The first-order chi connectivity index (χ1) is 11.0. The smallest absolute Gasteiger partial charge is 0.319 e. The van der Waals surface area contributed by atoms with Crippen LogP contribution in [0.4, 0.5) is 0 Å². The average molecular weight is 330 g/mol. The van der Waals surface area contributed by atoms with Crippen LogP contribution in [0, 0.1) is 13.8 Å². The van der Waals surface area contributed by atoms with Gasteiger partial charge in [-0.1, -0.05) is 23.4 Å². The van der Waals surface area contributed by atoms with Gasteiger partial charge in [-0.2, -0.15) is 0 Å². The molecule has 0 saturated carbocycles. The van der Waals surface area contributed by atoms with Crippen LogP contribution >= 0.6 is 11.8 Å². The quantitative estimate of drug-likeness (QED) is 0.584. The maximum absolute atomic E-state index is 11.7. The first kappa shape index (κ1) is 15.7. The summed E-state index contributed by atoms with van der Waals surface area (Å²) in [5, 5.41) is 9.54. The highest BCUT2D eigenvalue weighted by Gasteiger charge is 2.18. The Hall–Kier alpha value is -2.15. The van der Waals surface area contributed by atoms with Crippen LogP contribution in [0.25, 0.3) is 22.1 Å². The number of aromatic amines is 1. The summed E-state index contributed by atoms with van der Waals surface area (Å²) in [4.78, 5) is 19.5. The van der Waals surface area contributed by atoms with Crippen molar-refractivity contribution in [3.05, 3.63) is 23.3 Å². The molecule has 3 rings (SSSR count). The number of thioether (sulfide) groups is 1. The molecule has 2 heterocycles. The second kappa shape index (κ2) is 6.16. The van der Waals surface area contributed by atoms with Crippen LogP contribution in [0.3, 0.4) is 0 Å². The standard InChI is InChI=1S/C16H18N4O2S/c1-5-22-15(21)10(4)23-16-18-14-13(19-20-16)11-7-8(2)6-9(3)12(11)17-14/h6-7,10H,5H2,1-4H3,(H,17,18,20)/t10-/m0/s1. The molecule has 120 valence electrons. The van der Waals surface area contributed by atoms with E-state index in [-0.39, 0.29) is 11.2 Å². The molecule has 0 bridgehead atoms. The van der Waals surface area contributed by atoms with Crippen LogP contribution in [0.2, 0.25) is 0 Å². The van der Waals surface area contributed by atoms with E-state index in [4.69, 9.17) is 4.74 Å². The van der Waals surface area contributed by atoms with Gasteiger partial charge in [0.25, 0.3) is 0 Å². The highest BCUT2D eigenvalue weighted by Crippen LogP contribution is 2.28. The summed E-state index contributed by atoms with van der Waals surface area (Å²) >= 11 is 1.24. The van der Waals surface area contributed by atoms with Gasteiger partial charge in [-0.25, -0.2) is 4.98 Å². The van der Waals surface area contributed by atoms with Crippen molar-refractivity contribution in [2.24, 2.45) is 0 Å². The molecule has 1 N–H and O–H groups in total. The Morgan fingerprint density at radius 3 is 2.87 bits per heavy atom. The van der Waals surface area contributed by atoms with Crippen molar-refractivity contribution in [1.82, 2.24) is 20.2 Å². The van der Waals surface area contributed by atoms with E-state index in [2.05, 4.69) is 46.1 Å². The number of hydrogen-bond acceptors (Lipinski definition) is 6. The fourth-order valence-electron chi connectivity index (χ4n) is 2.53. The topological polar surface area (TPSA) is 80.8 Å². The number of benzene rings is 1. The van der Waals surface area contributed by atoms with Gasteiger partial charge in [0.2, 0.25) is 5.16 Å². The van der Waals surface area contributed by atoms with Gasteiger partial charge in [-0.05, 0) is 39.3 Å². The van der Waals surface area contributed by atoms with Gasteiger partial charge >= 0.3 is 5.97 Å². The monoisotopic (exact) mass is 330 g/mol. The maximum atomic E-state index is 11.7. The summed E-state index contributed by atoms with van der Waals surface area (Å²) in [6.45, 7) is 8.03. The molecule has 7 heteroatoms. The Morgan fingerprint density at radius 2 is 2.13 bits per heavy atom. The van der Waals surface area contributed by atoms with Crippen LogP contribution in [-0.4, -0.2) is 38.0 Å². The number of fused-ring (bicyclic) bond motifs is 3. The molecule has 0 aliphatic rings. The van der Waals surface area contributed by atoms with Crippen molar-refractivity contribution in [2.75, 3.05) is 6.61 Å². The number of nitrogens with one attached hydrogen (secondary N) is 1. The summed E-state index contributed by atoms with van der Waals surface area (Å²) < 4.78 is 5.00. The van der Waals surface area contributed by atoms with Crippen LogP contribution in [0.5, 0.6) is 0 Å². The molecule has 0 spiro atoms. The Balaban J connectivity index is 1.98. The molecule has 0 amide bonds. The van der Waals surface area contributed by atoms with Crippen LogP contribution in [-0.2, 0) is 9.53 Å². The number of hydrogen-bond donors (Lipinski definition) is 1. The zero-order chi connectivity index (χ0) is 16.6. The SMILES string of the molecule is CCOC(=O)[C@H](C)Sc1nnc2c(n1)[nH]c1c(C)cc(C)cc12. The predicted molar refractivity (Wildman–Crippen MR) is 90.6 cm³/mol. The van der Waals surface area contributed by atoms with Gasteiger partial charge in [0.15, 0.2) is 5.65 Å². The second-order valence-corrected chi connectivity index (χ2v) is 6.74. The van der Waals surface area contributed by atoms with Gasteiger partial charge in [0, 0.05) is 5.39 Å². The number of carbonyl (C=O) groups excluding carboxylic acids is 1. The van der Waals surface area contributed by atoms with Crippen LogP contribution < -0.4 is 0 Å². The lowest BCUT2D eigenvalue weighted by atomic mass is 10.1. The van der Waals surface area contributed by atoms with E-state index in [1.807, 2.05) is 0 Å². The minimum atomic E-state index is -0.373. The molecule has 0 fully saturated rings. The van der Waals surface area contributed by atoms with Crippen molar-refractivity contribution < 1.29 is 9.53 Å². The number of aryl methyl sites for hydroxylation is 2. The third-order valence-electron chi connectivity index (χ3n) is 3.55. The fraction of sp³-hybridized carbons (Fsp3) is 0.375. The second-order valence-electron chi connectivity index (χ2n) is 5.43. The predicted octanol–water partition coefficient (Wildman–Crippen LogP) is 3.17. The van der Waals surface area contributed by atoms with E-state index in [1.165, 1.54) is 17.3 Å². The average Bonchev–Trinajstić information content (AvgIpc) is 2.85. The fourth-order valence-corrected chi connectivity index (χ4v) is 3.25. The first-order valence-corrected chi connectivity index (χ1v) is 8.34. The van der Waals surface area contributed by atoms with E-state index in [1.54, 1.807) is 13.8 Å². The van der Waals surface area contributed by atoms with E-state index in [0.29, 0.717) is 17.4 Å². The summed E-state index contributed by atoms with van der Waals surface area (Å²) in [7, 11) is 0. The van der Waals surface area contributed by atoms with E-state index in [0.717, 1.165) is 22.0 Å². The number of nitrogens with zero attached hydrogens (tertiary/aromatic N) is 3. The summed E-state index contributed by atoms with van der Waals surface area (Å²) in [5.74, 6) is -0.274. The number of esters is 1. The normalized spacial score (nSPS) is 12.7. The van der Waals surface area contributed by atoms with Gasteiger partial charge in [-0.15, -0.1) is 10.2 Å². The van der Waals surface area contributed by atoms with E-state index in [9.17, 15) is 4.79 Å². The zero-order valence-corrected chi connectivity index (χ0v) is 14.3. The Morgan fingerprint density at radius 1 is 1.35 bits per heavy atom. The van der Waals surface area contributed by atoms with Gasteiger partial charge in [-0.3, -0.25) is 4.79 Å². The molecule has 0 unspecified atom stereocenters. The summed E-state index contributed by atoms with van der Waals surface area (Å²) in [6.07, 6.45) is 0. The third kappa shape index (κ3) is 3.01. The number of carbonyl (C=O) groups is 1. The molecule has 0 radical (unpaired) electrons. The highest BCUT2D eigenvalue weighted by molar-refractivity contribution is 8.00. The summed E-state index contributed by atoms with van der Waals surface area (Å²) in [5.41, 5.74) is 4.77.